The summed E-state index contributed by atoms with van der Waals surface area (Å²) < 4.78 is 48.7. The number of hydrogen-bond acceptors (Lipinski definition) is 5. The summed E-state index contributed by atoms with van der Waals surface area (Å²) in [5.74, 6) is -0.582. The minimum absolute atomic E-state index is 0.0373. The Bertz CT molecular complexity index is 853. The molecule has 0 bridgehead atoms. The van der Waals surface area contributed by atoms with Crippen molar-refractivity contribution in [3.63, 3.8) is 0 Å². The first-order valence-electron chi connectivity index (χ1n) is 8.63. The van der Waals surface area contributed by atoms with Gasteiger partial charge >= 0.3 is 0 Å². The van der Waals surface area contributed by atoms with Crippen LogP contribution in [0, 0.1) is 0 Å². The van der Waals surface area contributed by atoms with Gasteiger partial charge in [-0.1, -0.05) is 18.9 Å². The molecule has 2 aliphatic heterocycles. The third-order valence-corrected chi connectivity index (χ3v) is 9.10. The number of carbonyl (C=O) groups is 1. The van der Waals surface area contributed by atoms with Crippen molar-refractivity contribution in [2.24, 2.45) is 0 Å². The van der Waals surface area contributed by atoms with Crippen LogP contribution in [-0.4, -0.2) is 57.5 Å². The van der Waals surface area contributed by atoms with Crippen LogP contribution in [0.15, 0.2) is 29.2 Å². The third-order valence-electron chi connectivity index (χ3n) is 4.93. The van der Waals surface area contributed by atoms with Gasteiger partial charge in [-0.3, -0.25) is 4.79 Å². The summed E-state index contributed by atoms with van der Waals surface area (Å²) in [5.41, 5.74) is 0.351. The molecule has 0 aliphatic carbocycles. The molecule has 2 aliphatic rings. The zero-order valence-corrected chi connectivity index (χ0v) is 15.7. The van der Waals surface area contributed by atoms with E-state index >= 15 is 0 Å². The number of rotatable bonds is 3. The summed E-state index contributed by atoms with van der Waals surface area (Å²) >= 11 is 0. The minimum Gasteiger partial charge on any atom is -0.339 e. The minimum atomic E-state index is -3.75. The lowest BCUT2D eigenvalue weighted by atomic mass is 10.2. The van der Waals surface area contributed by atoms with Crippen LogP contribution in [0.5, 0.6) is 0 Å². The quantitative estimate of drug-likeness (QED) is 0.790. The number of benzene rings is 1. The molecule has 0 radical (unpaired) electrons. The molecule has 0 unspecified atom stereocenters. The Kier molecular flexibility index (Phi) is 5.20. The van der Waals surface area contributed by atoms with Gasteiger partial charge in [0.25, 0.3) is 5.91 Å². The lowest BCUT2D eigenvalue weighted by Gasteiger charge is -2.20. The van der Waals surface area contributed by atoms with Crippen LogP contribution in [0.2, 0.25) is 0 Å². The number of hydrogen-bond donors (Lipinski definition) is 0. The van der Waals surface area contributed by atoms with E-state index in [1.54, 1.807) is 17.0 Å². The lowest BCUT2D eigenvalue weighted by Crippen LogP contribution is -2.32. The smallest absolute Gasteiger partial charge is 0.253 e. The molecule has 1 aromatic rings. The van der Waals surface area contributed by atoms with E-state index < -0.39 is 24.9 Å². The lowest BCUT2D eigenvalue weighted by molar-refractivity contribution is 0.0761. The maximum atomic E-state index is 12.7. The van der Waals surface area contributed by atoms with Crippen molar-refractivity contribution in [1.29, 1.82) is 0 Å². The fraction of sp³-hybridized carbons (Fsp3) is 0.588. The molecule has 0 saturated carbocycles. The van der Waals surface area contributed by atoms with Crippen LogP contribution in [0.1, 0.15) is 42.5 Å². The molecular weight excluding hydrogens is 362 g/mol. The molecule has 2 heterocycles. The summed E-state index contributed by atoms with van der Waals surface area (Å²) in [6, 6.07) is 6.02. The highest BCUT2D eigenvalue weighted by atomic mass is 32.2. The maximum absolute atomic E-state index is 12.7. The second-order valence-electron chi connectivity index (χ2n) is 6.80. The second-order valence-corrected chi connectivity index (χ2v) is 11.3. The summed E-state index contributed by atoms with van der Waals surface area (Å²) in [6.07, 6.45) is 4.25. The van der Waals surface area contributed by atoms with Gasteiger partial charge in [0, 0.05) is 18.7 Å². The standard InChI is InChI=1S/C17H23NO5S2/c19-17(18-9-3-1-2-4-10-18)14-6-5-7-15(12-14)25(22,23)16-8-11-24(20,21)13-16/h5-7,12,16H,1-4,8-11,13H2/t16-/m0/s1. The van der Waals surface area contributed by atoms with Crippen LogP contribution < -0.4 is 0 Å². The van der Waals surface area contributed by atoms with Gasteiger partial charge in [-0.05, 0) is 37.5 Å². The summed E-state index contributed by atoms with van der Waals surface area (Å²) in [7, 11) is -7.04. The molecule has 6 nitrogen and oxygen atoms in total. The van der Waals surface area contributed by atoms with E-state index in [2.05, 4.69) is 0 Å². The highest BCUT2D eigenvalue weighted by Gasteiger charge is 2.38. The van der Waals surface area contributed by atoms with E-state index in [4.69, 9.17) is 0 Å². The van der Waals surface area contributed by atoms with Crippen molar-refractivity contribution in [2.75, 3.05) is 24.6 Å². The van der Waals surface area contributed by atoms with Crippen LogP contribution >= 0.6 is 0 Å². The van der Waals surface area contributed by atoms with Gasteiger partial charge in [0.05, 0.1) is 21.7 Å². The Balaban J connectivity index is 1.84. The first-order valence-corrected chi connectivity index (χ1v) is 12.0. The molecule has 1 aromatic carbocycles. The predicted molar refractivity (Wildman–Crippen MR) is 95.1 cm³/mol. The zero-order valence-electron chi connectivity index (χ0n) is 14.1. The molecule has 2 saturated heterocycles. The molecule has 3 rings (SSSR count). The predicted octanol–water partition coefficient (Wildman–Crippen LogP) is 1.66. The highest BCUT2D eigenvalue weighted by Crippen LogP contribution is 2.26. The van der Waals surface area contributed by atoms with E-state index in [9.17, 15) is 21.6 Å². The van der Waals surface area contributed by atoms with E-state index in [1.165, 1.54) is 12.1 Å². The van der Waals surface area contributed by atoms with Gasteiger partial charge in [-0.2, -0.15) is 0 Å². The van der Waals surface area contributed by atoms with Gasteiger partial charge in [0.2, 0.25) is 0 Å². The molecule has 1 atom stereocenters. The van der Waals surface area contributed by atoms with Gasteiger partial charge in [-0.15, -0.1) is 0 Å². The molecule has 0 spiro atoms. The first kappa shape index (κ1) is 18.4. The number of sulfone groups is 2. The molecule has 2 fully saturated rings. The molecular formula is C17H23NO5S2. The van der Waals surface area contributed by atoms with Crippen molar-refractivity contribution >= 4 is 25.6 Å². The fourth-order valence-corrected chi connectivity index (χ4v) is 7.86. The molecule has 1 amide bonds. The number of nitrogens with zero attached hydrogens (tertiary/aromatic N) is 1. The SMILES string of the molecule is O=C(c1cccc(S(=O)(=O)[C@H]2CCS(=O)(=O)C2)c1)N1CCCCCC1. The third kappa shape index (κ3) is 4.06. The van der Waals surface area contributed by atoms with Crippen molar-refractivity contribution in [3.05, 3.63) is 29.8 Å². The zero-order chi connectivity index (χ0) is 18.1. The summed E-state index contributed by atoms with van der Waals surface area (Å²) in [5, 5.41) is -0.916. The van der Waals surface area contributed by atoms with Crippen LogP contribution in [0.25, 0.3) is 0 Å². The molecule has 8 heteroatoms. The van der Waals surface area contributed by atoms with Crippen molar-refractivity contribution in [2.45, 2.75) is 42.2 Å². The normalized spacial score (nSPS) is 24.0. The van der Waals surface area contributed by atoms with Gasteiger partial charge < -0.3 is 4.90 Å². The Hall–Kier alpha value is -1.41. The van der Waals surface area contributed by atoms with Gasteiger partial charge in [0.1, 0.15) is 0 Å². The molecule has 0 N–H and O–H groups in total. The molecule has 138 valence electrons. The molecule has 0 aromatic heterocycles. The Morgan fingerprint density at radius 1 is 1.08 bits per heavy atom. The van der Waals surface area contributed by atoms with Crippen molar-refractivity contribution in [1.82, 2.24) is 4.90 Å². The van der Waals surface area contributed by atoms with E-state index in [0.717, 1.165) is 25.7 Å². The monoisotopic (exact) mass is 385 g/mol. The summed E-state index contributed by atoms with van der Waals surface area (Å²) in [4.78, 5) is 14.5. The first-order chi connectivity index (χ1) is 11.8. The van der Waals surface area contributed by atoms with Crippen molar-refractivity contribution < 1.29 is 21.6 Å². The van der Waals surface area contributed by atoms with E-state index in [-0.39, 0.29) is 28.7 Å². The van der Waals surface area contributed by atoms with Gasteiger partial charge in [-0.25, -0.2) is 16.8 Å². The molecule has 25 heavy (non-hydrogen) atoms. The van der Waals surface area contributed by atoms with Crippen LogP contribution in [-0.2, 0) is 19.7 Å². The highest BCUT2D eigenvalue weighted by molar-refractivity contribution is 7.96. The second kappa shape index (κ2) is 7.07. The van der Waals surface area contributed by atoms with E-state index in [1.807, 2.05) is 0 Å². The summed E-state index contributed by atoms with van der Waals surface area (Å²) in [6.45, 7) is 1.38. The van der Waals surface area contributed by atoms with Crippen LogP contribution in [0.4, 0.5) is 0 Å². The topological polar surface area (TPSA) is 88.6 Å². The average Bonchev–Trinajstić information content (AvgIpc) is 2.79. The average molecular weight is 386 g/mol. The number of amides is 1. The number of carbonyl (C=O) groups excluding carboxylic acids is 1. The fourth-order valence-electron chi connectivity index (χ4n) is 3.46. The maximum Gasteiger partial charge on any atom is 0.253 e. The Morgan fingerprint density at radius 2 is 1.76 bits per heavy atom. The Morgan fingerprint density at radius 3 is 2.36 bits per heavy atom. The van der Waals surface area contributed by atoms with Crippen molar-refractivity contribution in [3.8, 4) is 0 Å². The Labute approximate surface area is 149 Å². The van der Waals surface area contributed by atoms with Crippen LogP contribution in [0.3, 0.4) is 0 Å². The van der Waals surface area contributed by atoms with E-state index in [0.29, 0.717) is 18.7 Å². The number of likely N-dealkylation sites (tertiary alicyclic amines) is 1. The largest absolute Gasteiger partial charge is 0.339 e. The van der Waals surface area contributed by atoms with Gasteiger partial charge in [0.15, 0.2) is 19.7 Å².